The molecule has 1 amide bonds. The summed E-state index contributed by atoms with van der Waals surface area (Å²) in [4.78, 5) is 15.4. The van der Waals surface area contributed by atoms with Crippen LogP contribution < -0.4 is 16.8 Å². The summed E-state index contributed by atoms with van der Waals surface area (Å²) in [6, 6.07) is 14.6. The molecular weight excluding hydrogens is 332 g/mol. The first-order valence-corrected chi connectivity index (χ1v) is 7.05. The zero-order valence-corrected chi connectivity index (χ0v) is 12.8. The van der Waals surface area contributed by atoms with Crippen molar-refractivity contribution in [3.63, 3.8) is 0 Å². The van der Waals surface area contributed by atoms with Crippen molar-refractivity contribution in [1.82, 2.24) is 0 Å². The van der Waals surface area contributed by atoms with Gasteiger partial charge in [0.1, 0.15) is 0 Å². The van der Waals surface area contributed by atoms with E-state index in [9.17, 15) is 4.79 Å². The number of guanidine groups is 1. The van der Waals surface area contributed by atoms with Crippen molar-refractivity contribution in [2.24, 2.45) is 16.5 Å². The summed E-state index contributed by atoms with van der Waals surface area (Å²) >= 11 is 3.38. The second kappa shape index (κ2) is 6.90. The van der Waals surface area contributed by atoms with E-state index in [0.717, 1.165) is 10.0 Å². The molecule has 0 radical (unpaired) electrons. The summed E-state index contributed by atoms with van der Waals surface area (Å²) in [6.07, 6.45) is 0. The lowest BCUT2D eigenvalue weighted by Crippen LogP contribution is -2.23. The number of amides is 1. The first-order chi connectivity index (χ1) is 10.0. The van der Waals surface area contributed by atoms with Gasteiger partial charge in [0.15, 0.2) is 5.96 Å². The Morgan fingerprint density at radius 1 is 1.14 bits per heavy atom. The highest BCUT2D eigenvalue weighted by atomic mass is 79.9. The van der Waals surface area contributed by atoms with Crippen molar-refractivity contribution in [3.8, 4) is 0 Å². The van der Waals surface area contributed by atoms with Crippen LogP contribution in [0.5, 0.6) is 0 Å². The minimum Gasteiger partial charge on any atom is -0.370 e. The molecule has 2 rings (SSSR count). The smallest absolute Gasteiger partial charge is 0.248 e. The highest BCUT2D eigenvalue weighted by Crippen LogP contribution is 2.12. The second-order valence-electron chi connectivity index (χ2n) is 4.40. The number of benzene rings is 2. The summed E-state index contributed by atoms with van der Waals surface area (Å²) in [5.41, 5.74) is 13.2. The number of hydrogen-bond acceptors (Lipinski definition) is 2. The Morgan fingerprint density at radius 3 is 2.52 bits per heavy atom. The lowest BCUT2D eigenvalue weighted by Gasteiger charge is -2.06. The summed E-state index contributed by atoms with van der Waals surface area (Å²) in [5.74, 6) is -0.205. The Balaban J connectivity index is 2.01. The highest BCUT2D eigenvalue weighted by Gasteiger charge is 2.02. The maximum atomic E-state index is 11.1. The van der Waals surface area contributed by atoms with Gasteiger partial charge in [-0.05, 0) is 35.9 Å². The molecule has 0 aromatic heterocycles. The van der Waals surface area contributed by atoms with Gasteiger partial charge in [-0.15, -0.1) is 0 Å². The molecule has 0 unspecified atom stereocenters. The SMILES string of the molecule is NC(=O)c1cccc(NC(N)=NCc2ccc(Br)cc2)c1. The number of rotatable bonds is 4. The van der Waals surface area contributed by atoms with E-state index in [1.54, 1.807) is 24.3 Å². The third kappa shape index (κ3) is 4.61. The van der Waals surface area contributed by atoms with Crippen LogP contribution >= 0.6 is 15.9 Å². The third-order valence-electron chi connectivity index (χ3n) is 2.76. The van der Waals surface area contributed by atoms with Crippen LogP contribution in [0.25, 0.3) is 0 Å². The predicted octanol–water partition coefficient (Wildman–Crippen LogP) is 2.47. The molecule has 0 atom stereocenters. The first-order valence-electron chi connectivity index (χ1n) is 6.26. The van der Waals surface area contributed by atoms with Crippen LogP contribution in [-0.4, -0.2) is 11.9 Å². The molecule has 0 spiro atoms. The second-order valence-corrected chi connectivity index (χ2v) is 5.31. The van der Waals surface area contributed by atoms with Crippen LogP contribution in [0.3, 0.4) is 0 Å². The van der Waals surface area contributed by atoms with Gasteiger partial charge in [0.05, 0.1) is 6.54 Å². The molecule has 2 aromatic rings. The molecule has 5 nitrogen and oxygen atoms in total. The van der Waals surface area contributed by atoms with Gasteiger partial charge in [-0.1, -0.05) is 34.1 Å². The maximum Gasteiger partial charge on any atom is 0.248 e. The van der Waals surface area contributed by atoms with Gasteiger partial charge in [0.25, 0.3) is 0 Å². The minimum atomic E-state index is -0.482. The molecule has 0 saturated carbocycles. The third-order valence-corrected chi connectivity index (χ3v) is 3.29. The number of nitrogens with two attached hydrogens (primary N) is 2. The zero-order chi connectivity index (χ0) is 15.2. The average molecular weight is 347 g/mol. The van der Waals surface area contributed by atoms with Crippen LogP contribution in [0.2, 0.25) is 0 Å². The number of hydrogen-bond donors (Lipinski definition) is 3. The molecule has 0 aliphatic carbocycles. The van der Waals surface area contributed by atoms with Crippen LogP contribution in [0.1, 0.15) is 15.9 Å². The van der Waals surface area contributed by atoms with Crippen molar-refractivity contribution >= 4 is 33.5 Å². The minimum absolute atomic E-state index is 0.277. The van der Waals surface area contributed by atoms with Gasteiger partial charge in [-0.2, -0.15) is 0 Å². The molecule has 2 aromatic carbocycles. The van der Waals surface area contributed by atoms with E-state index in [1.807, 2.05) is 24.3 Å². The monoisotopic (exact) mass is 346 g/mol. The van der Waals surface area contributed by atoms with Crippen molar-refractivity contribution in [3.05, 3.63) is 64.1 Å². The van der Waals surface area contributed by atoms with Gasteiger partial charge in [0.2, 0.25) is 5.91 Å². The molecule has 108 valence electrons. The van der Waals surface area contributed by atoms with Gasteiger partial charge in [-0.3, -0.25) is 4.79 Å². The average Bonchev–Trinajstić information content (AvgIpc) is 2.47. The van der Waals surface area contributed by atoms with Gasteiger partial charge >= 0.3 is 0 Å². The largest absolute Gasteiger partial charge is 0.370 e. The number of anilines is 1. The number of primary amides is 1. The molecule has 6 heteroatoms. The fraction of sp³-hybridized carbons (Fsp3) is 0.0667. The van der Waals surface area contributed by atoms with E-state index in [4.69, 9.17) is 11.5 Å². The molecule has 0 heterocycles. The fourth-order valence-electron chi connectivity index (χ4n) is 1.70. The van der Waals surface area contributed by atoms with E-state index in [1.165, 1.54) is 0 Å². The van der Waals surface area contributed by atoms with Gasteiger partial charge < -0.3 is 16.8 Å². The predicted molar refractivity (Wildman–Crippen MR) is 88.1 cm³/mol. The summed E-state index contributed by atoms with van der Waals surface area (Å²) in [7, 11) is 0. The number of aliphatic imine (C=N–C) groups is 1. The van der Waals surface area contributed by atoms with E-state index in [0.29, 0.717) is 17.8 Å². The quantitative estimate of drug-likeness (QED) is 0.586. The van der Waals surface area contributed by atoms with E-state index in [-0.39, 0.29) is 5.96 Å². The van der Waals surface area contributed by atoms with Gasteiger partial charge in [0, 0.05) is 15.7 Å². The Hall–Kier alpha value is -2.34. The fourth-order valence-corrected chi connectivity index (χ4v) is 1.97. The Labute approximate surface area is 131 Å². The lowest BCUT2D eigenvalue weighted by atomic mass is 10.2. The van der Waals surface area contributed by atoms with Crippen LogP contribution in [0, 0.1) is 0 Å². The van der Waals surface area contributed by atoms with E-state index >= 15 is 0 Å². The van der Waals surface area contributed by atoms with Crippen molar-refractivity contribution in [2.75, 3.05) is 5.32 Å². The Morgan fingerprint density at radius 2 is 1.86 bits per heavy atom. The maximum absolute atomic E-state index is 11.1. The standard InChI is InChI=1S/C15H15BrN4O/c16-12-6-4-10(5-7-12)9-19-15(18)20-13-3-1-2-11(8-13)14(17)21/h1-8H,9H2,(H2,17,21)(H3,18,19,20). The summed E-state index contributed by atoms with van der Waals surface area (Å²) < 4.78 is 1.02. The zero-order valence-electron chi connectivity index (χ0n) is 11.2. The van der Waals surface area contributed by atoms with Crippen molar-refractivity contribution < 1.29 is 4.79 Å². The summed E-state index contributed by atoms with van der Waals surface area (Å²) in [5, 5.41) is 2.93. The number of nitrogens with zero attached hydrogens (tertiary/aromatic N) is 1. The first kappa shape index (κ1) is 15.1. The van der Waals surface area contributed by atoms with Crippen molar-refractivity contribution in [1.29, 1.82) is 0 Å². The molecule has 0 saturated heterocycles. The van der Waals surface area contributed by atoms with Crippen molar-refractivity contribution in [2.45, 2.75) is 6.54 Å². The van der Waals surface area contributed by atoms with Crippen LogP contribution in [0.4, 0.5) is 5.69 Å². The van der Waals surface area contributed by atoms with Gasteiger partial charge in [-0.25, -0.2) is 4.99 Å². The topological polar surface area (TPSA) is 93.5 Å². The van der Waals surface area contributed by atoms with Crippen LogP contribution in [-0.2, 0) is 6.54 Å². The molecule has 0 fully saturated rings. The number of halogens is 1. The molecule has 5 N–H and O–H groups in total. The highest BCUT2D eigenvalue weighted by molar-refractivity contribution is 9.10. The summed E-state index contributed by atoms with van der Waals surface area (Å²) in [6.45, 7) is 0.474. The Kier molecular flexibility index (Phi) is 4.94. The molecule has 0 bridgehead atoms. The normalized spacial score (nSPS) is 11.2. The molecule has 0 aliphatic heterocycles. The molecular formula is C15H15BrN4O. The van der Waals surface area contributed by atoms with Crippen LogP contribution in [0.15, 0.2) is 58.0 Å². The molecule has 0 aliphatic rings. The van der Waals surface area contributed by atoms with E-state index < -0.39 is 5.91 Å². The molecule has 21 heavy (non-hydrogen) atoms. The number of carbonyl (C=O) groups is 1. The number of nitrogens with one attached hydrogen (secondary N) is 1. The number of carbonyl (C=O) groups excluding carboxylic acids is 1. The van der Waals surface area contributed by atoms with E-state index in [2.05, 4.69) is 26.2 Å². The Bertz CT molecular complexity index is 668. The lowest BCUT2D eigenvalue weighted by molar-refractivity contribution is 0.100.